The van der Waals surface area contributed by atoms with Crippen LogP contribution >= 0.6 is 0 Å². The van der Waals surface area contributed by atoms with Gasteiger partial charge in [-0.05, 0) is 25.8 Å². The fourth-order valence-corrected chi connectivity index (χ4v) is 6.24. The van der Waals surface area contributed by atoms with E-state index < -0.39 is 53.4 Å². The number of aliphatic hydroxyl groups excluding tert-OH is 1. The van der Waals surface area contributed by atoms with Crippen LogP contribution in [0.4, 0.5) is 0 Å². The fraction of sp³-hybridized carbons (Fsp3) is 0.517. The summed E-state index contributed by atoms with van der Waals surface area (Å²) in [5.41, 5.74) is -0.554. The van der Waals surface area contributed by atoms with Crippen LogP contribution in [-0.2, 0) is 28.7 Å². The molecule has 2 saturated heterocycles. The number of ether oxygens (including phenoxy) is 2. The van der Waals surface area contributed by atoms with Crippen LogP contribution in [0.2, 0.25) is 0 Å². The Labute approximate surface area is 227 Å². The monoisotopic (exact) mass is 537 g/mol. The van der Waals surface area contributed by atoms with E-state index in [2.05, 4.69) is 5.32 Å². The molecule has 1 aromatic rings. The van der Waals surface area contributed by atoms with E-state index >= 15 is 0 Å². The Morgan fingerprint density at radius 1 is 1.10 bits per heavy atom. The lowest BCUT2D eigenvalue weighted by Gasteiger charge is -2.37. The summed E-state index contributed by atoms with van der Waals surface area (Å²) in [5.74, 6) is -3.32. The molecule has 39 heavy (non-hydrogen) atoms. The number of fused-ring (bicyclic) bond motifs is 2. The Balaban J connectivity index is 1.55. The van der Waals surface area contributed by atoms with Crippen molar-refractivity contribution in [3.05, 3.63) is 60.2 Å². The van der Waals surface area contributed by atoms with Crippen LogP contribution in [0.1, 0.15) is 38.3 Å². The highest BCUT2D eigenvalue weighted by molar-refractivity contribution is 6.00. The van der Waals surface area contributed by atoms with Crippen molar-refractivity contribution in [3.8, 4) is 0 Å². The van der Waals surface area contributed by atoms with E-state index in [0.29, 0.717) is 6.42 Å². The van der Waals surface area contributed by atoms with Gasteiger partial charge in [-0.3, -0.25) is 19.2 Å². The Hall–Kier alpha value is -3.50. The molecule has 0 saturated carbocycles. The molecule has 10 heteroatoms. The third-order valence-corrected chi connectivity index (χ3v) is 8.07. The minimum Gasteiger partial charge on any atom is -0.463 e. The molecule has 5 bridgehead atoms. The summed E-state index contributed by atoms with van der Waals surface area (Å²) >= 11 is 0. The standard InChI is InChI=1S/C29H35N3O7/c1-18(2)31-14-8-4-7-11-22(34)38-17-20(19-9-5-3-6-10-19)30-26(35)23-21-12-13-29(39-21)24(23)27(36)32(15-16-33)25(29)28(31)37/h3-6,8-10,12-13,18,20-21,23-25,33H,7,11,14-17H2,1-2H3,(H,30,35)/b8-4-/t20-,21-,23+,24+,25-,29+/m1/s1. The number of aliphatic hydroxyl groups is 1. The molecule has 208 valence electrons. The van der Waals surface area contributed by atoms with E-state index in [9.17, 15) is 24.3 Å². The molecule has 0 aromatic heterocycles. The maximum atomic E-state index is 14.1. The topological polar surface area (TPSA) is 125 Å². The number of nitrogens with one attached hydrogen (secondary N) is 1. The number of amides is 3. The van der Waals surface area contributed by atoms with Gasteiger partial charge in [-0.15, -0.1) is 0 Å². The summed E-state index contributed by atoms with van der Waals surface area (Å²) in [6.45, 7) is 3.61. The molecule has 0 radical (unpaired) electrons. The first-order chi connectivity index (χ1) is 18.8. The number of allylic oxidation sites excluding steroid dienone is 1. The van der Waals surface area contributed by atoms with Crippen LogP contribution < -0.4 is 5.32 Å². The van der Waals surface area contributed by atoms with Gasteiger partial charge in [-0.1, -0.05) is 54.6 Å². The maximum absolute atomic E-state index is 14.1. The second-order valence-corrected chi connectivity index (χ2v) is 10.7. The van der Waals surface area contributed by atoms with Crippen molar-refractivity contribution in [2.45, 2.75) is 56.5 Å². The summed E-state index contributed by atoms with van der Waals surface area (Å²) in [6.07, 6.45) is 7.08. The lowest BCUT2D eigenvalue weighted by molar-refractivity contribution is -0.149. The minimum absolute atomic E-state index is 0.0476. The molecule has 5 rings (SSSR count). The van der Waals surface area contributed by atoms with Crippen LogP contribution in [0.5, 0.6) is 0 Å². The van der Waals surface area contributed by atoms with Crippen molar-refractivity contribution in [2.75, 3.05) is 26.3 Å². The van der Waals surface area contributed by atoms with Gasteiger partial charge in [-0.25, -0.2) is 0 Å². The average Bonchev–Trinajstić information content (AvgIpc) is 3.56. The Morgan fingerprint density at radius 3 is 2.59 bits per heavy atom. The van der Waals surface area contributed by atoms with Crippen molar-refractivity contribution in [3.63, 3.8) is 0 Å². The Morgan fingerprint density at radius 2 is 1.87 bits per heavy atom. The van der Waals surface area contributed by atoms with E-state index in [1.54, 1.807) is 17.1 Å². The smallest absolute Gasteiger partial charge is 0.306 e. The van der Waals surface area contributed by atoms with E-state index in [4.69, 9.17) is 9.47 Å². The molecule has 4 heterocycles. The van der Waals surface area contributed by atoms with Gasteiger partial charge in [0, 0.05) is 25.6 Å². The molecule has 0 unspecified atom stereocenters. The number of cyclic esters (lactones) is 1. The molecule has 1 aromatic carbocycles. The first-order valence-corrected chi connectivity index (χ1v) is 13.5. The van der Waals surface area contributed by atoms with Crippen molar-refractivity contribution in [1.29, 1.82) is 0 Å². The van der Waals surface area contributed by atoms with Crippen LogP contribution in [0.25, 0.3) is 0 Å². The maximum Gasteiger partial charge on any atom is 0.306 e. The number of esters is 1. The normalized spacial score (nSPS) is 33.9. The quantitative estimate of drug-likeness (QED) is 0.436. The van der Waals surface area contributed by atoms with Crippen LogP contribution in [-0.4, -0.2) is 88.7 Å². The third-order valence-electron chi connectivity index (χ3n) is 8.07. The number of hydrogen-bond acceptors (Lipinski definition) is 7. The number of benzene rings is 1. The van der Waals surface area contributed by atoms with Crippen molar-refractivity contribution in [2.24, 2.45) is 11.8 Å². The number of hydrogen-bond donors (Lipinski definition) is 2. The second-order valence-electron chi connectivity index (χ2n) is 10.7. The highest BCUT2D eigenvalue weighted by atomic mass is 16.5. The van der Waals surface area contributed by atoms with Gasteiger partial charge in [0.25, 0.3) is 0 Å². The average molecular weight is 538 g/mol. The minimum atomic E-state index is -1.31. The highest BCUT2D eigenvalue weighted by Gasteiger charge is 2.73. The van der Waals surface area contributed by atoms with E-state index in [1.807, 2.05) is 56.3 Å². The number of rotatable bonds is 4. The van der Waals surface area contributed by atoms with E-state index in [0.717, 1.165) is 5.56 Å². The Kier molecular flexibility index (Phi) is 7.59. The number of carbonyl (C=O) groups is 4. The van der Waals surface area contributed by atoms with Gasteiger partial charge in [0.15, 0.2) is 0 Å². The molecule has 10 nitrogen and oxygen atoms in total. The molecule has 4 aliphatic rings. The zero-order valence-electron chi connectivity index (χ0n) is 22.2. The number of carbonyl (C=O) groups excluding carboxylic acids is 4. The number of nitrogens with zero attached hydrogens (tertiary/aromatic N) is 2. The molecular formula is C29H35N3O7. The molecule has 2 N–H and O–H groups in total. The van der Waals surface area contributed by atoms with E-state index in [1.165, 1.54) is 4.90 Å². The summed E-state index contributed by atoms with van der Waals surface area (Å²) in [7, 11) is 0. The predicted molar refractivity (Wildman–Crippen MR) is 140 cm³/mol. The van der Waals surface area contributed by atoms with Gasteiger partial charge in [0.05, 0.1) is 30.6 Å². The molecule has 4 aliphatic heterocycles. The van der Waals surface area contributed by atoms with E-state index in [-0.39, 0.29) is 44.7 Å². The highest BCUT2D eigenvalue weighted by Crippen LogP contribution is 2.55. The zero-order valence-corrected chi connectivity index (χ0v) is 22.2. The van der Waals surface area contributed by atoms with Gasteiger partial charge < -0.3 is 29.7 Å². The van der Waals surface area contributed by atoms with Gasteiger partial charge in [0.2, 0.25) is 17.7 Å². The summed E-state index contributed by atoms with van der Waals surface area (Å²) in [4.78, 5) is 57.2. The molecule has 6 atom stereocenters. The van der Waals surface area contributed by atoms with Crippen LogP contribution in [0.15, 0.2) is 54.6 Å². The number of likely N-dealkylation sites (tertiary alicyclic amines) is 1. The Bertz CT molecular complexity index is 1180. The first-order valence-electron chi connectivity index (χ1n) is 13.5. The molecular weight excluding hydrogens is 502 g/mol. The summed E-state index contributed by atoms with van der Waals surface area (Å²) in [6, 6.07) is 7.35. The van der Waals surface area contributed by atoms with Crippen molar-refractivity contribution in [1.82, 2.24) is 15.1 Å². The van der Waals surface area contributed by atoms with Crippen LogP contribution in [0.3, 0.4) is 0 Å². The molecule has 1 spiro atoms. The van der Waals surface area contributed by atoms with Crippen molar-refractivity contribution < 1.29 is 33.8 Å². The van der Waals surface area contributed by atoms with Gasteiger partial charge in [0.1, 0.15) is 18.2 Å². The van der Waals surface area contributed by atoms with Gasteiger partial charge >= 0.3 is 5.97 Å². The summed E-state index contributed by atoms with van der Waals surface area (Å²) < 4.78 is 11.9. The van der Waals surface area contributed by atoms with Crippen LogP contribution in [0, 0.1) is 11.8 Å². The summed E-state index contributed by atoms with van der Waals surface area (Å²) in [5, 5.41) is 12.8. The lowest BCUT2D eigenvalue weighted by atomic mass is 9.74. The second kappa shape index (κ2) is 10.9. The first kappa shape index (κ1) is 27.1. The zero-order chi connectivity index (χ0) is 27.7. The SMILES string of the molecule is CC(C)N1C/C=C\CCC(=O)OC[C@H](c2ccccc2)NC(=O)[C@@H]2[C@H]3C(=O)N(CCO)[C@H](C1=O)[C@]31C=C[C@H]2O1. The predicted octanol–water partition coefficient (Wildman–Crippen LogP) is 1.12. The molecule has 2 fully saturated rings. The fourth-order valence-electron chi connectivity index (χ4n) is 6.24. The largest absolute Gasteiger partial charge is 0.463 e. The molecule has 3 amide bonds. The molecule has 0 aliphatic carbocycles. The van der Waals surface area contributed by atoms with Crippen molar-refractivity contribution >= 4 is 23.7 Å². The lowest BCUT2D eigenvalue weighted by Crippen LogP contribution is -2.57. The van der Waals surface area contributed by atoms with Gasteiger partial charge in [-0.2, -0.15) is 0 Å². The number of β-amino-alcohol motifs (C(OH)–C–C–N with tert-alkyl or cyclic N) is 1. The third kappa shape index (κ3) is 4.76.